The summed E-state index contributed by atoms with van der Waals surface area (Å²) < 4.78 is 29.2. The van der Waals surface area contributed by atoms with E-state index in [9.17, 15) is 33.9 Å². The number of carboxylic acids is 1. The number of fused-ring (bicyclic) bond motifs is 9. The molecule has 0 aromatic heterocycles. The van der Waals surface area contributed by atoms with Gasteiger partial charge in [-0.2, -0.15) is 0 Å². The van der Waals surface area contributed by atoms with E-state index in [4.69, 9.17) is 23.7 Å². The molecule has 68 heavy (non-hydrogen) atoms. The molecule has 2 aliphatic heterocycles. The maximum Gasteiger partial charge on any atom is 0.412 e. The molecule has 352 valence electrons. The molecule has 0 unspecified atom stereocenters. The van der Waals surface area contributed by atoms with E-state index in [1.807, 2.05) is 48.5 Å². The van der Waals surface area contributed by atoms with Crippen LogP contribution in [-0.4, -0.2) is 71.6 Å². The number of benzene rings is 5. The molecule has 0 bridgehead atoms. The third kappa shape index (κ3) is 9.80. The fourth-order valence-corrected chi connectivity index (χ4v) is 8.68. The minimum absolute atomic E-state index is 0.0393. The molecule has 3 aliphatic rings. The van der Waals surface area contributed by atoms with Crippen molar-refractivity contribution in [2.24, 2.45) is 0 Å². The Kier molecular flexibility index (Phi) is 12.6. The molecule has 5 aromatic rings. The summed E-state index contributed by atoms with van der Waals surface area (Å²) in [7, 11) is 0. The molecule has 16 heteroatoms. The zero-order valence-corrected chi connectivity index (χ0v) is 38.4. The molecule has 1 spiro atoms. The molecular formula is C52H52N4O12. The Morgan fingerprint density at radius 3 is 1.78 bits per heavy atom. The highest BCUT2D eigenvalue weighted by Gasteiger charge is 2.54. The van der Waals surface area contributed by atoms with E-state index < -0.39 is 59.0 Å². The Hall–Kier alpha value is -7.88. The molecule has 0 radical (unpaired) electrons. The summed E-state index contributed by atoms with van der Waals surface area (Å²) in [5.74, 6) is -2.09. The smallest absolute Gasteiger partial charge is 0.412 e. The van der Waals surface area contributed by atoms with E-state index >= 15 is 0 Å². The van der Waals surface area contributed by atoms with Crippen LogP contribution in [0.15, 0.2) is 103 Å². The van der Waals surface area contributed by atoms with E-state index in [0.717, 1.165) is 22.3 Å². The summed E-state index contributed by atoms with van der Waals surface area (Å²) in [6.45, 7) is 10.6. The van der Waals surface area contributed by atoms with Gasteiger partial charge in [0.15, 0.2) is 5.60 Å². The summed E-state index contributed by atoms with van der Waals surface area (Å²) in [5.41, 5.74) is 3.26. The van der Waals surface area contributed by atoms with Gasteiger partial charge in [0.25, 0.3) is 5.91 Å². The van der Waals surface area contributed by atoms with Crippen LogP contribution in [0.25, 0.3) is 11.1 Å². The summed E-state index contributed by atoms with van der Waals surface area (Å²) >= 11 is 0. The maximum atomic E-state index is 13.7. The zero-order valence-electron chi connectivity index (χ0n) is 38.4. The van der Waals surface area contributed by atoms with Crippen molar-refractivity contribution in [1.29, 1.82) is 0 Å². The SMILES string of the molecule is CC(C)(C)OC(=O)Nc1ccc2c(c1)Oc1cc(NC(=O)OC(C)(C)C)ccc1C21OC(=O)c2ccc(C(=O)NCCCC[C@@H](NC(=O)OCC3c4ccccc4-c4ccccc43)C(=O)O)cc21. The number of unbranched alkanes of at least 4 members (excludes halogenated alkanes) is 1. The highest BCUT2D eigenvalue weighted by atomic mass is 16.6. The molecule has 0 fully saturated rings. The number of hydrogen-bond donors (Lipinski definition) is 5. The Labute approximate surface area is 392 Å². The van der Waals surface area contributed by atoms with Gasteiger partial charge < -0.3 is 39.4 Å². The number of alkyl carbamates (subject to hydrolysis) is 1. The highest BCUT2D eigenvalue weighted by Crippen LogP contribution is 2.57. The average molecular weight is 925 g/mol. The van der Waals surface area contributed by atoms with Crippen LogP contribution < -0.4 is 26.0 Å². The molecular weight excluding hydrogens is 873 g/mol. The van der Waals surface area contributed by atoms with Gasteiger partial charge in [-0.25, -0.2) is 24.0 Å². The number of nitrogens with one attached hydrogen (secondary N) is 4. The first-order valence-electron chi connectivity index (χ1n) is 22.3. The van der Waals surface area contributed by atoms with E-state index in [0.29, 0.717) is 40.9 Å². The lowest BCUT2D eigenvalue weighted by atomic mass is 9.77. The number of amides is 4. The Morgan fingerprint density at radius 1 is 0.676 bits per heavy atom. The first-order chi connectivity index (χ1) is 32.3. The number of carbonyl (C=O) groups excluding carboxylic acids is 5. The van der Waals surface area contributed by atoms with Crippen LogP contribution in [0, 0.1) is 0 Å². The van der Waals surface area contributed by atoms with Crippen molar-refractivity contribution >= 4 is 47.5 Å². The first-order valence-corrected chi connectivity index (χ1v) is 22.3. The molecule has 5 aromatic carbocycles. The van der Waals surface area contributed by atoms with Crippen LogP contribution in [-0.2, 0) is 29.3 Å². The monoisotopic (exact) mass is 924 g/mol. The third-order valence-electron chi connectivity index (χ3n) is 11.5. The second-order valence-electron chi connectivity index (χ2n) is 18.7. The van der Waals surface area contributed by atoms with E-state index in [1.165, 1.54) is 12.1 Å². The van der Waals surface area contributed by atoms with Gasteiger partial charge in [0.2, 0.25) is 0 Å². The number of carbonyl (C=O) groups is 6. The molecule has 16 nitrogen and oxygen atoms in total. The van der Waals surface area contributed by atoms with Crippen LogP contribution in [0.1, 0.15) is 115 Å². The summed E-state index contributed by atoms with van der Waals surface area (Å²) in [6, 6.07) is 28.9. The molecule has 8 rings (SSSR count). The number of hydrogen-bond acceptors (Lipinski definition) is 11. The van der Waals surface area contributed by atoms with Gasteiger partial charge >= 0.3 is 30.2 Å². The van der Waals surface area contributed by atoms with E-state index in [-0.39, 0.29) is 48.1 Å². The zero-order chi connectivity index (χ0) is 48.5. The van der Waals surface area contributed by atoms with Crippen LogP contribution in [0.3, 0.4) is 0 Å². The van der Waals surface area contributed by atoms with Crippen molar-refractivity contribution in [1.82, 2.24) is 10.6 Å². The van der Waals surface area contributed by atoms with Gasteiger partial charge in [-0.15, -0.1) is 0 Å². The van der Waals surface area contributed by atoms with Crippen LogP contribution in [0.4, 0.5) is 25.8 Å². The largest absolute Gasteiger partial charge is 0.480 e. The van der Waals surface area contributed by atoms with Crippen molar-refractivity contribution in [2.45, 2.75) is 89.6 Å². The van der Waals surface area contributed by atoms with Gasteiger partial charge in [-0.3, -0.25) is 15.4 Å². The lowest BCUT2D eigenvalue weighted by molar-refractivity contribution is -0.139. The van der Waals surface area contributed by atoms with Gasteiger partial charge in [0.05, 0.1) is 5.56 Å². The number of carboxylic acid groups (broad SMARTS) is 1. The van der Waals surface area contributed by atoms with Crippen molar-refractivity contribution in [3.63, 3.8) is 0 Å². The third-order valence-corrected chi connectivity index (χ3v) is 11.5. The summed E-state index contributed by atoms with van der Waals surface area (Å²) in [4.78, 5) is 78.0. The molecule has 1 atom stereocenters. The van der Waals surface area contributed by atoms with Crippen molar-refractivity contribution in [3.8, 4) is 22.6 Å². The van der Waals surface area contributed by atoms with Crippen molar-refractivity contribution < 1.29 is 57.6 Å². The molecule has 4 amide bonds. The minimum Gasteiger partial charge on any atom is -0.480 e. The number of anilines is 2. The molecule has 0 saturated carbocycles. The van der Waals surface area contributed by atoms with E-state index in [2.05, 4.69) is 21.3 Å². The number of rotatable bonds is 12. The number of ether oxygens (including phenoxy) is 5. The van der Waals surface area contributed by atoms with Crippen LogP contribution >= 0.6 is 0 Å². The average Bonchev–Trinajstić information content (AvgIpc) is 3.74. The normalized spacial score (nSPS) is 14.4. The van der Waals surface area contributed by atoms with Gasteiger partial charge in [0.1, 0.15) is 35.3 Å². The minimum atomic E-state index is -1.63. The topological polar surface area (TPSA) is 217 Å². The standard InChI is InChI=1S/C52H52N4O12/c1-50(2,3)67-48(62)54-30-19-22-38-42(26-30)65-43-27-31(55-49(63)68-51(4,5)6)20-23-39(43)52(38)40-25-29(18-21-36(40)46(60)66-52)44(57)53-24-12-11-17-41(45(58)59)56-47(61)64-28-37-34-15-9-7-13-32(34)33-14-8-10-16-35(33)37/h7-10,13-16,18-23,25-27,37,41H,11-12,17,24,28H2,1-6H3,(H,53,57)(H,54,62)(H,55,63)(H,56,61)(H,58,59)/t41-/m1/s1. The van der Waals surface area contributed by atoms with Crippen molar-refractivity contribution in [3.05, 3.63) is 142 Å². The molecule has 2 heterocycles. The van der Waals surface area contributed by atoms with Crippen molar-refractivity contribution in [2.75, 3.05) is 23.8 Å². The fraction of sp³-hybridized carbons (Fsp3) is 0.308. The number of aliphatic carboxylic acids is 1. The lowest BCUT2D eigenvalue weighted by Gasteiger charge is -2.37. The second kappa shape index (κ2) is 18.4. The quantitative estimate of drug-likeness (QED) is 0.0449. The first kappa shape index (κ1) is 46.6. The fourth-order valence-electron chi connectivity index (χ4n) is 8.68. The van der Waals surface area contributed by atoms with Gasteiger partial charge in [-0.05, 0) is 126 Å². The summed E-state index contributed by atoms with van der Waals surface area (Å²) in [6.07, 6.45) is -1.42. The highest BCUT2D eigenvalue weighted by molar-refractivity contribution is 6.01. The lowest BCUT2D eigenvalue weighted by Crippen LogP contribution is -2.41. The number of esters is 1. The van der Waals surface area contributed by atoms with Gasteiger partial charge in [0, 0.05) is 58.2 Å². The molecule has 1 aliphatic carbocycles. The maximum absolute atomic E-state index is 13.7. The predicted octanol–water partition coefficient (Wildman–Crippen LogP) is 9.84. The van der Waals surface area contributed by atoms with E-state index in [1.54, 1.807) is 84.0 Å². The Bertz CT molecular complexity index is 2720. The summed E-state index contributed by atoms with van der Waals surface area (Å²) in [5, 5.41) is 20.7. The Morgan fingerprint density at radius 2 is 1.24 bits per heavy atom. The second-order valence-corrected chi connectivity index (χ2v) is 18.7. The molecule has 0 saturated heterocycles. The van der Waals surface area contributed by atoms with Crippen LogP contribution in [0.5, 0.6) is 11.5 Å². The molecule has 5 N–H and O–H groups in total. The predicted molar refractivity (Wildman–Crippen MR) is 250 cm³/mol. The van der Waals surface area contributed by atoms with Gasteiger partial charge in [-0.1, -0.05) is 48.5 Å². The Balaban J connectivity index is 0.952. The van der Waals surface area contributed by atoms with Crippen LogP contribution in [0.2, 0.25) is 0 Å².